The van der Waals surface area contributed by atoms with Gasteiger partial charge in [0.1, 0.15) is 5.52 Å². The number of methoxy groups -OCH3 is 1. The number of fused-ring (bicyclic) bond motifs is 1. The molecule has 1 heterocycles. The number of ether oxygens (including phenoxy) is 1. The molecule has 1 aromatic heterocycles. The molecule has 3 rings (SSSR count). The Hall–Kier alpha value is -2.69. The second kappa shape index (κ2) is 4.53. The van der Waals surface area contributed by atoms with E-state index in [1.165, 1.54) is 7.11 Å². The topological polar surface area (TPSA) is 57.0 Å². The van der Waals surface area contributed by atoms with Crippen molar-refractivity contribution in [2.75, 3.05) is 7.11 Å². The molecule has 0 radical (unpaired) electrons. The van der Waals surface area contributed by atoms with Gasteiger partial charge in [-0.25, -0.2) is 9.48 Å². The SMILES string of the molecule is COC(=O)c1ccc(-n2nnc3ccccc32)cc1. The van der Waals surface area contributed by atoms with Crippen molar-refractivity contribution in [2.24, 2.45) is 0 Å². The van der Waals surface area contributed by atoms with E-state index in [0.29, 0.717) is 5.56 Å². The Labute approximate surface area is 109 Å². The lowest BCUT2D eigenvalue weighted by atomic mass is 10.2. The first-order chi connectivity index (χ1) is 9.29. The van der Waals surface area contributed by atoms with Crippen molar-refractivity contribution in [1.29, 1.82) is 0 Å². The average Bonchev–Trinajstić information content (AvgIpc) is 2.90. The highest BCUT2D eigenvalue weighted by Gasteiger charge is 2.08. The zero-order valence-corrected chi connectivity index (χ0v) is 10.3. The van der Waals surface area contributed by atoms with Crippen LogP contribution in [0.4, 0.5) is 0 Å². The number of carbonyl (C=O) groups excluding carboxylic acids is 1. The summed E-state index contributed by atoms with van der Waals surface area (Å²) in [5.74, 6) is -0.352. The summed E-state index contributed by atoms with van der Waals surface area (Å²) in [7, 11) is 1.36. The van der Waals surface area contributed by atoms with E-state index in [9.17, 15) is 4.79 Å². The summed E-state index contributed by atoms with van der Waals surface area (Å²) >= 11 is 0. The monoisotopic (exact) mass is 253 g/mol. The Kier molecular flexibility index (Phi) is 2.72. The van der Waals surface area contributed by atoms with Gasteiger partial charge in [0.05, 0.1) is 23.9 Å². The third-order valence-electron chi connectivity index (χ3n) is 2.88. The molecule has 0 amide bonds. The summed E-state index contributed by atoms with van der Waals surface area (Å²) in [4.78, 5) is 11.4. The quantitative estimate of drug-likeness (QED) is 0.657. The average molecular weight is 253 g/mol. The maximum Gasteiger partial charge on any atom is 0.337 e. The molecule has 0 bridgehead atoms. The Morgan fingerprint density at radius 2 is 1.84 bits per heavy atom. The lowest BCUT2D eigenvalue weighted by molar-refractivity contribution is 0.0601. The minimum atomic E-state index is -0.352. The molecule has 0 saturated heterocycles. The van der Waals surface area contributed by atoms with Gasteiger partial charge in [-0.1, -0.05) is 17.3 Å². The van der Waals surface area contributed by atoms with Crippen LogP contribution in [0.1, 0.15) is 10.4 Å². The normalized spacial score (nSPS) is 10.6. The molecule has 0 aliphatic carbocycles. The summed E-state index contributed by atoms with van der Waals surface area (Å²) in [6.07, 6.45) is 0. The number of carbonyl (C=O) groups is 1. The molecule has 0 saturated carbocycles. The molecular weight excluding hydrogens is 242 g/mol. The molecule has 0 atom stereocenters. The van der Waals surface area contributed by atoms with Gasteiger partial charge < -0.3 is 4.74 Å². The highest BCUT2D eigenvalue weighted by molar-refractivity contribution is 5.89. The van der Waals surface area contributed by atoms with Crippen LogP contribution in [-0.4, -0.2) is 28.1 Å². The maximum absolute atomic E-state index is 11.4. The lowest BCUT2D eigenvalue weighted by Crippen LogP contribution is -2.02. The highest BCUT2D eigenvalue weighted by Crippen LogP contribution is 2.16. The zero-order chi connectivity index (χ0) is 13.2. The number of nitrogens with zero attached hydrogens (tertiary/aromatic N) is 3. The van der Waals surface area contributed by atoms with E-state index in [1.54, 1.807) is 16.8 Å². The first-order valence-electron chi connectivity index (χ1n) is 5.79. The van der Waals surface area contributed by atoms with Gasteiger partial charge in [0, 0.05) is 0 Å². The highest BCUT2D eigenvalue weighted by atomic mass is 16.5. The number of aromatic nitrogens is 3. The van der Waals surface area contributed by atoms with Crippen molar-refractivity contribution < 1.29 is 9.53 Å². The molecule has 3 aromatic rings. The predicted molar refractivity (Wildman–Crippen MR) is 70.2 cm³/mol. The molecule has 0 spiro atoms. The summed E-state index contributed by atoms with van der Waals surface area (Å²) < 4.78 is 6.40. The Morgan fingerprint density at radius 3 is 2.58 bits per heavy atom. The summed E-state index contributed by atoms with van der Waals surface area (Å²) in [5.41, 5.74) is 3.12. The third kappa shape index (κ3) is 1.95. The van der Waals surface area contributed by atoms with Crippen molar-refractivity contribution in [3.8, 4) is 5.69 Å². The molecular formula is C14H11N3O2. The van der Waals surface area contributed by atoms with Crippen molar-refractivity contribution in [3.63, 3.8) is 0 Å². The minimum absolute atomic E-state index is 0.352. The van der Waals surface area contributed by atoms with Gasteiger partial charge in [-0.3, -0.25) is 0 Å². The van der Waals surface area contributed by atoms with Crippen molar-refractivity contribution in [2.45, 2.75) is 0 Å². The molecule has 2 aromatic carbocycles. The second-order valence-corrected chi connectivity index (χ2v) is 4.03. The van der Waals surface area contributed by atoms with Crippen LogP contribution in [0, 0.1) is 0 Å². The molecule has 0 aliphatic heterocycles. The Bertz CT molecular complexity index is 732. The van der Waals surface area contributed by atoms with Gasteiger partial charge in [-0.15, -0.1) is 5.10 Å². The zero-order valence-electron chi connectivity index (χ0n) is 10.3. The standard InChI is InChI=1S/C14H11N3O2/c1-19-14(18)10-6-8-11(9-7-10)17-13-5-3-2-4-12(13)15-16-17/h2-9H,1H3. The van der Waals surface area contributed by atoms with Crippen LogP contribution in [0.3, 0.4) is 0 Å². The summed E-state index contributed by atoms with van der Waals surface area (Å²) in [5, 5.41) is 8.20. The fraction of sp³-hybridized carbons (Fsp3) is 0.0714. The van der Waals surface area contributed by atoms with E-state index in [2.05, 4.69) is 15.0 Å². The van der Waals surface area contributed by atoms with Crippen LogP contribution in [0.2, 0.25) is 0 Å². The van der Waals surface area contributed by atoms with E-state index in [4.69, 9.17) is 0 Å². The van der Waals surface area contributed by atoms with E-state index in [-0.39, 0.29) is 5.97 Å². The fourth-order valence-electron chi connectivity index (χ4n) is 1.92. The summed E-state index contributed by atoms with van der Waals surface area (Å²) in [6.45, 7) is 0. The van der Waals surface area contributed by atoms with Gasteiger partial charge in [-0.2, -0.15) is 0 Å². The number of rotatable bonds is 2. The number of esters is 1. The Balaban J connectivity index is 2.05. The predicted octanol–water partition coefficient (Wildman–Crippen LogP) is 2.21. The van der Waals surface area contributed by atoms with Crippen LogP contribution in [0.5, 0.6) is 0 Å². The van der Waals surface area contributed by atoms with Crippen molar-refractivity contribution in [1.82, 2.24) is 15.0 Å². The lowest BCUT2D eigenvalue weighted by Gasteiger charge is -2.03. The van der Waals surface area contributed by atoms with Crippen LogP contribution < -0.4 is 0 Å². The number of para-hydroxylation sites is 1. The van der Waals surface area contributed by atoms with Crippen LogP contribution in [0.15, 0.2) is 48.5 Å². The number of hydrogen-bond acceptors (Lipinski definition) is 4. The van der Waals surface area contributed by atoms with Crippen LogP contribution >= 0.6 is 0 Å². The molecule has 5 heteroatoms. The fourth-order valence-corrected chi connectivity index (χ4v) is 1.92. The van der Waals surface area contributed by atoms with E-state index >= 15 is 0 Å². The van der Waals surface area contributed by atoms with E-state index in [0.717, 1.165) is 16.7 Å². The molecule has 5 nitrogen and oxygen atoms in total. The molecule has 0 fully saturated rings. The first kappa shape index (κ1) is 11.4. The Morgan fingerprint density at radius 1 is 1.11 bits per heavy atom. The largest absolute Gasteiger partial charge is 0.465 e. The molecule has 0 N–H and O–H groups in total. The minimum Gasteiger partial charge on any atom is -0.465 e. The van der Waals surface area contributed by atoms with Gasteiger partial charge in [0.25, 0.3) is 0 Å². The number of benzene rings is 2. The number of hydrogen-bond donors (Lipinski definition) is 0. The van der Waals surface area contributed by atoms with Crippen molar-refractivity contribution >= 4 is 17.0 Å². The maximum atomic E-state index is 11.4. The van der Waals surface area contributed by atoms with Gasteiger partial charge in [-0.05, 0) is 36.4 Å². The molecule has 0 aliphatic rings. The molecule has 94 valence electrons. The van der Waals surface area contributed by atoms with Crippen LogP contribution in [0.25, 0.3) is 16.7 Å². The molecule has 19 heavy (non-hydrogen) atoms. The molecule has 0 unspecified atom stereocenters. The first-order valence-corrected chi connectivity index (χ1v) is 5.79. The van der Waals surface area contributed by atoms with E-state index < -0.39 is 0 Å². The van der Waals surface area contributed by atoms with Gasteiger partial charge in [0.2, 0.25) is 0 Å². The smallest absolute Gasteiger partial charge is 0.337 e. The van der Waals surface area contributed by atoms with Gasteiger partial charge in [0.15, 0.2) is 0 Å². The summed E-state index contributed by atoms with van der Waals surface area (Å²) in [6, 6.07) is 14.7. The second-order valence-electron chi connectivity index (χ2n) is 4.03. The van der Waals surface area contributed by atoms with Gasteiger partial charge >= 0.3 is 5.97 Å². The van der Waals surface area contributed by atoms with E-state index in [1.807, 2.05) is 36.4 Å². The van der Waals surface area contributed by atoms with Crippen LogP contribution in [-0.2, 0) is 4.74 Å². The van der Waals surface area contributed by atoms with Crippen molar-refractivity contribution in [3.05, 3.63) is 54.1 Å². The third-order valence-corrected chi connectivity index (χ3v) is 2.88.